The Morgan fingerprint density at radius 2 is 2.25 bits per heavy atom. The SMILES string of the molecule is C=CC1CCCCN(C(=C)C)C1. The quantitative estimate of drug-likeness (QED) is 0.569. The summed E-state index contributed by atoms with van der Waals surface area (Å²) in [7, 11) is 0. The minimum absolute atomic E-state index is 0.671. The maximum Gasteiger partial charge on any atom is 0.0237 e. The molecule has 1 heteroatoms. The van der Waals surface area contributed by atoms with Crippen LogP contribution in [0.1, 0.15) is 26.2 Å². The summed E-state index contributed by atoms with van der Waals surface area (Å²) < 4.78 is 0. The molecule has 1 rings (SSSR count). The fourth-order valence-electron chi connectivity index (χ4n) is 1.71. The van der Waals surface area contributed by atoms with Crippen molar-refractivity contribution < 1.29 is 0 Å². The molecule has 1 atom stereocenters. The summed E-state index contributed by atoms with van der Waals surface area (Å²) in [6, 6.07) is 0. The Bertz CT molecular complexity index is 172. The van der Waals surface area contributed by atoms with E-state index in [-0.39, 0.29) is 0 Å². The van der Waals surface area contributed by atoms with Crippen LogP contribution in [-0.2, 0) is 0 Å². The smallest absolute Gasteiger partial charge is 0.0237 e. The van der Waals surface area contributed by atoms with Gasteiger partial charge in [-0.3, -0.25) is 0 Å². The van der Waals surface area contributed by atoms with Crippen molar-refractivity contribution in [2.75, 3.05) is 13.1 Å². The molecule has 0 spiro atoms. The highest BCUT2D eigenvalue weighted by molar-refractivity contribution is 4.94. The van der Waals surface area contributed by atoms with Crippen LogP contribution < -0.4 is 0 Å². The average Bonchev–Trinajstić information content (AvgIpc) is 2.28. The Balaban J connectivity index is 2.52. The van der Waals surface area contributed by atoms with Gasteiger partial charge in [0.05, 0.1) is 0 Å². The van der Waals surface area contributed by atoms with E-state index in [1.165, 1.54) is 31.5 Å². The lowest BCUT2D eigenvalue weighted by atomic mass is 10.0. The monoisotopic (exact) mass is 165 g/mol. The highest BCUT2D eigenvalue weighted by Crippen LogP contribution is 2.19. The molecule has 0 radical (unpaired) electrons. The summed E-state index contributed by atoms with van der Waals surface area (Å²) in [5.74, 6) is 0.671. The summed E-state index contributed by atoms with van der Waals surface area (Å²) in [6.07, 6.45) is 6.02. The maximum atomic E-state index is 3.98. The van der Waals surface area contributed by atoms with Gasteiger partial charge in [0.1, 0.15) is 0 Å². The van der Waals surface area contributed by atoms with Crippen LogP contribution in [0.5, 0.6) is 0 Å². The van der Waals surface area contributed by atoms with Gasteiger partial charge in [0.2, 0.25) is 0 Å². The number of hydrogen-bond donors (Lipinski definition) is 0. The number of rotatable bonds is 2. The minimum Gasteiger partial charge on any atom is -0.375 e. The molecular formula is C11H19N. The van der Waals surface area contributed by atoms with Crippen LogP contribution in [0.3, 0.4) is 0 Å². The Hall–Kier alpha value is -0.720. The van der Waals surface area contributed by atoms with Crippen LogP contribution in [0.25, 0.3) is 0 Å². The van der Waals surface area contributed by atoms with Gasteiger partial charge in [-0.2, -0.15) is 0 Å². The standard InChI is InChI=1S/C11H19N/c1-4-11-7-5-6-8-12(9-11)10(2)3/h4,11H,1-2,5-9H2,3H3. The molecule has 68 valence electrons. The molecule has 0 amide bonds. The van der Waals surface area contributed by atoms with E-state index in [4.69, 9.17) is 0 Å². The lowest BCUT2D eigenvalue weighted by molar-refractivity contribution is 0.334. The van der Waals surface area contributed by atoms with Gasteiger partial charge in [0, 0.05) is 18.8 Å². The third-order valence-corrected chi connectivity index (χ3v) is 2.58. The van der Waals surface area contributed by atoms with E-state index in [9.17, 15) is 0 Å². The van der Waals surface area contributed by atoms with Crippen molar-refractivity contribution in [3.05, 3.63) is 24.9 Å². The fourth-order valence-corrected chi connectivity index (χ4v) is 1.71. The predicted octanol–water partition coefficient (Wildman–Crippen LogP) is 2.81. The van der Waals surface area contributed by atoms with Crippen LogP contribution >= 0.6 is 0 Å². The largest absolute Gasteiger partial charge is 0.375 e. The van der Waals surface area contributed by atoms with Gasteiger partial charge in [0.25, 0.3) is 0 Å². The Morgan fingerprint density at radius 1 is 1.50 bits per heavy atom. The predicted molar refractivity (Wildman–Crippen MR) is 53.9 cm³/mol. The zero-order chi connectivity index (χ0) is 8.97. The average molecular weight is 165 g/mol. The van der Waals surface area contributed by atoms with Crippen molar-refractivity contribution in [2.24, 2.45) is 5.92 Å². The second-order valence-electron chi connectivity index (χ2n) is 3.67. The molecule has 1 fully saturated rings. The molecule has 1 saturated heterocycles. The topological polar surface area (TPSA) is 3.24 Å². The molecule has 0 bridgehead atoms. The molecule has 1 aliphatic rings. The van der Waals surface area contributed by atoms with E-state index in [1.807, 2.05) is 0 Å². The zero-order valence-electron chi connectivity index (χ0n) is 8.05. The molecule has 12 heavy (non-hydrogen) atoms. The Kier molecular flexibility index (Phi) is 3.39. The second kappa shape index (κ2) is 4.34. The molecular weight excluding hydrogens is 146 g/mol. The van der Waals surface area contributed by atoms with E-state index in [0.717, 1.165) is 6.54 Å². The van der Waals surface area contributed by atoms with Gasteiger partial charge in [-0.25, -0.2) is 0 Å². The van der Waals surface area contributed by atoms with Crippen LogP contribution in [-0.4, -0.2) is 18.0 Å². The first-order valence-electron chi connectivity index (χ1n) is 4.77. The van der Waals surface area contributed by atoms with Crippen molar-refractivity contribution in [3.63, 3.8) is 0 Å². The zero-order valence-corrected chi connectivity index (χ0v) is 8.05. The second-order valence-corrected chi connectivity index (χ2v) is 3.67. The summed E-state index contributed by atoms with van der Waals surface area (Å²) >= 11 is 0. The van der Waals surface area contributed by atoms with E-state index < -0.39 is 0 Å². The molecule has 0 aromatic heterocycles. The number of nitrogens with zero attached hydrogens (tertiary/aromatic N) is 1. The van der Waals surface area contributed by atoms with Crippen molar-refractivity contribution in [1.82, 2.24) is 4.90 Å². The summed E-state index contributed by atoms with van der Waals surface area (Å²) in [6.45, 7) is 12.2. The van der Waals surface area contributed by atoms with Crippen LogP contribution in [0.15, 0.2) is 24.9 Å². The highest BCUT2D eigenvalue weighted by atomic mass is 15.1. The molecule has 1 aliphatic heterocycles. The van der Waals surface area contributed by atoms with E-state index in [1.54, 1.807) is 0 Å². The third kappa shape index (κ3) is 2.40. The van der Waals surface area contributed by atoms with Crippen molar-refractivity contribution in [3.8, 4) is 0 Å². The van der Waals surface area contributed by atoms with Crippen LogP contribution in [0, 0.1) is 5.92 Å². The normalized spacial score (nSPS) is 24.8. The van der Waals surface area contributed by atoms with E-state index in [0.29, 0.717) is 5.92 Å². The van der Waals surface area contributed by atoms with E-state index in [2.05, 4.69) is 31.1 Å². The first kappa shape index (κ1) is 9.37. The molecule has 1 unspecified atom stereocenters. The van der Waals surface area contributed by atoms with Crippen molar-refractivity contribution >= 4 is 0 Å². The van der Waals surface area contributed by atoms with E-state index >= 15 is 0 Å². The van der Waals surface area contributed by atoms with Crippen molar-refractivity contribution in [2.45, 2.75) is 26.2 Å². The van der Waals surface area contributed by atoms with Crippen LogP contribution in [0.2, 0.25) is 0 Å². The number of hydrogen-bond acceptors (Lipinski definition) is 1. The first-order chi connectivity index (χ1) is 5.74. The summed E-state index contributed by atoms with van der Waals surface area (Å²) in [4.78, 5) is 2.37. The molecule has 0 aromatic carbocycles. The van der Waals surface area contributed by atoms with Gasteiger partial charge >= 0.3 is 0 Å². The summed E-state index contributed by atoms with van der Waals surface area (Å²) in [5, 5.41) is 0. The molecule has 0 aromatic rings. The van der Waals surface area contributed by atoms with Gasteiger partial charge in [0.15, 0.2) is 0 Å². The molecule has 0 N–H and O–H groups in total. The summed E-state index contributed by atoms with van der Waals surface area (Å²) in [5.41, 5.74) is 1.20. The third-order valence-electron chi connectivity index (χ3n) is 2.58. The Labute approximate surface area is 75.8 Å². The van der Waals surface area contributed by atoms with Gasteiger partial charge in [-0.15, -0.1) is 6.58 Å². The Morgan fingerprint density at radius 3 is 2.83 bits per heavy atom. The molecule has 0 aliphatic carbocycles. The van der Waals surface area contributed by atoms with Gasteiger partial charge in [-0.1, -0.05) is 19.1 Å². The fraction of sp³-hybridized carbons (Fsp3) is 0.636. The maximum absolute atomic E-state index is 3.98. The number of likely N-dealkylation sites (tertiary alicyclic amines) is 1. The van der Waals surface area contributed by atoms with Gasteiger partial charge in [-0.05, 0) is 25.7 Å². The number of allylic oxidation sites excluding steroid dienone is 1. The lowest BCUT2D eigenvalue weighted by Crippen LogP contribution is -2.25. The lowest BCUT2D eigenvalue weighted by Gasteiger charge is -2.24. The molecule has 1 nitrogen and oxygen atoms in total. The van der Waals surface area contributed by atoms with Crippen LogP contribution in [0.4, 0.5) is 0 Å². The van der Waals surface area contributed by atoms with Crippen molar-refractivity contribution in [1.29, 1.82) is 0 Å². The molecule has 1 heterocycles. The molecule has 0 saturated carbocycles. The minimum atomic E-state index is 0.671. The van der Waals surface area contributed by atoms with Gasteiger partial charge < -0.3 is 4.90 Å². The first-order valence-corrected chi connectivity index (χ1v) is 4.77. The highest BCUT2D eigenvalue weighted by Gasteiger charge is 2.14.